The third-order valence-electron chi connectivity index (χ3n) is 20.9. The molecule has 0 aliphatic heterocycles. The number of nitrogens with two attached hydrogens (primary N) is 2. The largest absolute Gasteiger partial charge is 0.396 e. The van der Waals surface area contributed by atoms with Gasteiger partial charge in [0, 0.05) is 135 Å². The first-order valence-corrected chi connectivity index (χ1v) is 38.4. The Morgan fingerprint density at radius 2 is 0.519 bits per heavy atom. The van der Waals surface area contributed by atoms with Crippen LogP contribution in [0.15, 0.2) is 218 Å². The number of aromatic nitrogens is 10. The minimum absolute atomic E-state index is 0.408. The summed E-state index contributed by atoms with van der Waals surface area (Å²) >= 11 is 9.54. The number of thiophene rings is 4. The summed E-state index contributed by atoms with van der Waals surface area (Å²) in [6, 6.07) is 74.9. The monoisotopic (exact) mass is 1450 g/mol. The Kier molecular flexibility index (Phi) is 13.3. The standard InChI is InChI=1S/C42H24N6S3.C28H20N6S3.C14H8O2/c1-47-27-17-9-7-15-25(27)41-29(47)19-31(49-41)33-37-38(44-36-24-14-6-4-12-22(24)21-11-3-5-13-23(21)35(36)43-37)34(40-39(33)45-51-46-40)32-20-30-42(50-32)26-16-8-10-18-28(26)48(30)2;1-33-15-9-5-3-7-13(15)27-17(33)11-19(35-27)21-23(29)24(30)22(26-25(21)31-37-32-26)20-12-18-28(36-20)14-8-4-6-10-16(14)34(18)2;15-13-11-7-3-1-5-9(11)10-6-2-4-8-12(10)14(13)16/h3-20H,1-2H3;3-12H,29-30H2,1-2H3;1-8H. The van der Waals surface area contributed by atoms with E-state index in [0.717, 1.165) is 108 Å². The molecule has 0 unspecified atom stereocenters. The molecule has 14 nitrogen and oxygen atoms in total. The fourth-order valence-corrected chi connectivity index (χ4v) is 22.2. The summed E-state index contributed by atoms with van der Waals surface area (Å²) in [4.78, 5) is 39.4. The van der Waals surface area contributed by atoms with E-state index < -0.39 is 11.6 Å². The molecule has 0 saturated carbocycles. The summed E-state index contributed by atoms with van der Waals surface area (Å²) in [5, 5.41) is 9.54. The second-order valence-corrected chi connectivity index (χ2v) is 31.6. The van der Waals surface area contributed by atoms with Crippen molar-refractivity contribution in [3.05, 3.63) is 230 Å². The minimum Gasteiger partial charge on any atom is -0.396 e. The van der Waals surface area contributed by atoms with E-state index in [-0.39, 0.29) is 0 Å². The number of aryl methyl sites for hydroxylation is 4. The molecule has 0 radical (unpaired) electrons. The second kappa shape index (κ2) is 22.8. The fourth-order valence-electron chi connectivity index (χ4n) is 16.0. The normalized spacial score (nSPS) is 12.5. The smallest absolute Gasteiger partial charge is 0.234 e. The molecule has 11 heterocycles. The summed E-state index contributed by atoms with van der Waals surface area (Å²) < 4.78 is 33.6. The molecule has 0 fully saturated rings. The van der Waals surface area contributed by atoms with E-state index in [4.69, 9.17) is 38.9 Å². The van der Waals surface area contributed by atoms with Crippen molar-refractivity contribution in [1.29, 1.82) is 0 Å². The number of hydrogen-bond donors (Lipinski definition) is 2. The van der Waals surface area contributed by atoms with Gasteiger partial charge in [-0.15, -0.1) is 45.3 Å². The SMILES string of the molecule is Cn1c2ccccc2c2sc(-c3c(N)c(N)c(-c4cc5c(s4)c4ccccc4n5C)c4nsnc34)cc21.Cn1c2ccccc2c2sc(-c3c4nsnc4c(-c4cc5c(s4)c4ccccc4n5C)c4nc5c6ccccc6c6ccccc6c5nc34)cc21.O=C1C(=O)c2ccccc2-c2ccccc21. The van der Waals surface area contributed by atoms with Gasteiger partial charge in [-0.1, -0.05) is 170 Å². The number of Topliss-reactive ketones (excluding diaryl/α,β-unsaturated/α-hetero) is 2. The number of carbonyl (C=O) groups is 2. The van der Waals surface area contributed by atoms with Crippen LogP contribution < -0.4 is 11.5 Å². The number of carbonyl (C=O) groups excluding carboxylic acids is 2. The zero-order chi connectivity index (χ0) is 69.7. The number of hydrogen-bond acceptors (Lipinski definition) is 16. The van der Waals surface area contributed by atoms with Gasteiger partial charge in [0.05, 0.1) is 86.7 Å². The van der Waals surface area contributed by atoms with E-state index in [0.29, 0.717) is 22.5 Å². The molecule has 1 aliphatic carbocycles. The summed E-state index contributed by atoms with van der Waals surface area (Å²) in [7, 11) is 8.51. The van der Waals surface area contributed by atoms with Crippen LogP contribution >= 0.6 is 68.8 Å². The van der Waals surface area contributed by atoms with E-state index in [1.54, 1.807) is 69.6 Å². The quantitative estimate of drug-likeness (QED) is 0.0744. The molecule has 0 spiro atoms. The molecule has 11 aromatic carbocycles. The number of nitrogen functional groups attached to an aromatic ring is 2. The van der Waals surface area contributed by atoms with Crippen LogP contribution in [0.2, 0.25) is 0 Å². The molecule has 22 aromatic rings. The Morgan fingerprint density at radius 1 is 0.269 bits per heavy atom. The highest BCUT2D eigenvalue weighted by Gasteiger charge is 2.32. The summed E-state index contributed by atoms with van der Waals surface area (Å²) in [6.45, 7) is 0. The zero-order valence-corrected chi connectivity index (χ0v) is 60.6. The van der Waals surface area contributed by atoms with Crippen molar-refractivity contribution < 1.29 is 9.59 Å². The maximum Gasteiger partial charge on any atom is 0.234 e. The highest BCUT2D eigenvalue weighted by atomic mass is 32.1. The Bertz CT molecular complexity index is 7090. The van der Waals surface area contributed by atoms with E-state index in [9.17, 15) is 9.59 Å². The summed E-state index contributed by atoms with van der Waals surface area (Å²) in [5.41, 5.74) is 37.8. The van der Waals surface area contributed by atoms with Crippen LogP contribution in [0.3, 0.4) is 0 Å². The van der Waals surface area contributed by atoms with Gasteiger partial charge in [-0.2, -0.15) is 17.5 Å². The first kappa shape index (κ1) is 60.8. The molecule has 20 heteroatoms. The van der Waals surface area contributed by atoms with Crippen molar-refractivity contribution >= 4 is 242 Å². The van der Waals surface area contributed by atoms with Crippen LogP contribution in [0.4, 0.5) is 11.4 Å². The topological polar surface area (TPSA) is 183 Å². The highest BCUT2D eigenvalue weighted by molar-refractivity contribution is 7.25. The van der Waals surface area contributed by atoms with Crippen molar-refractivity contribution in [2.24, 2.45) is 28.2 Å². The van der Waals surface area contributed by atoms with Gasteiger partial charge in [0.15, 0.2) is 0 Å². The van der Waals surface area contributed by atoms with Crippen molar-refractivity contribution in [1.82, 2.24) is 45.7 Å². The van der Waals surface area contributed by atoms with Gasteiger partial charge < -0.3 is 29.7 Å². The Balaban J connectivity index is 0.000000114. The lowest BCUT2D eigenvalue weighted by molar-refractivity contribution is 0.0815. The maximum atomic E-state index is 11.8. The van der Waals surface area contributed by atoms with Crippen molar-refractivity contribution in [2.75, 3.05) is 11.5 Å². The molecule has 4 N–H and O–H groups in total. The molecular formula is C84H52N12O2S6. The van der Waals surface area contributed by atoms with Gasteiger partial charge in [-0.3, -0.25) is 9.59 Å². The number of benzene rings is 11. The van der Waals surface area contributed by atoms with Gasteiger partial charge in [-0.05, 0) is 70.4 Å². The summed E-state index contributed by atoms with van der Waals surface area (Å²) in [5.74, 6) is -0.816. The molecule has 11 aromatic heterocycles. The molecule has 0 atom stereocenters. The van der Waals surface area contributed by atoms with Gasteiger partial charge in [0.25, 0.3) is 0 Å². The Labute approximate surface area is 614 Å². The predicted molar refractivity (Wildman–Crippen MR) is 439 cm³/mol. The highest BCUT2D eigenvalue weighted by Crippen LogP contribution is 2.53. The average Bonchev–Trinajstić information content (AvgIpc) is 1.08. The average molecular weight is 1450 g/mol. The molecule has 0 saturated heterocycles. The van der Waals surface area contributed by atoms with E-state index >= 15 is 0 Å². The number of rotatable bonds is 4. The van der Waals surface area contributed by atoms with Crippen LogP contribution in [0.25, 0.3) is 203 Å². The zero-order valence-electron chi connectivity index (χ0n) is 55.7. The number of fused-ring (bicyclic) bond motifs is 24. The number of ketones is 2. The third-order valence-corrected chi connectivity index (χ3v) is 26.7. The van der Waals surface area contributed by atoms with E-state index in [1.165, 1.54) is 119 Å². The van der Waals surface area contributed by atoms with Crippen LogP contribution in [0.1, 0.15) is 20.7 Å². The lowest BCUT2D eigenvalue weighted by atomic mass is 9.84. The van der Waals surface area contributed by atoms with Crippen LogP contribution in [-0.2, 0) is 28.2 Å². The van der Waals surface area contributed by atoms with Crippen LogP contribution in [0.5, 0.6) is 0 Å². The van der Waals surface area contributed by atoms with E-state index in [1.807, 2.05) is 24.3 Å². The molecule has 496 valence electrons. The van der Waals surface area contributed by atoms with Crippen molar-refractivity contribution in [3.63, 3.8) is 0 Å². The molecule has 104 heavy (non-hydrogen) atoms. The lowest BCUT2D eigenvalue weighted by Crippen LogP contribution is -2.20. The molecule has 0 amide bonds. The van der Waals surface area contributed by atoms with Gasteiger partial charge in [0.2, 0.25) is 11.6 Å². The van der Waals surface area contributed by atoms with Gasteiger partial charge in [-0.25, -0.2) is 9.97 Å². The van der Waals surface area contributed by atoms with E-state index in [2.05, 4.69) is 216 Å². The van der Waals surface area contributed by atoms with Gasteiger partial charge >= 0.3 is 0 Å². The van der Waals surface area contributed by atoms with Gasteiger partial charge in [0.1, 0.15) is 33.1 Å². The van der Waals surface area contributed by atoms with Crippen LogP contribution in [0, 0.1) is 0 Å². The molecular weight excluding hydrogens is 1400 g/mol. The number of anilines is 2. The second-order valence-electron chi connectivity index (χ2n) is 26.3. The maximum absolute atomic E-state index is 11.8. The molecule has 0 bridgehead atoms. The van der Waals surface area contributed by atoms with Crippen molar-refractivity contribution in [2.45, 2.75) is 0 Å². The number of nitrogens with zero attached hydrogens (tertiary/aromatic N) is 10. The van der Waals surface area contributed by atoms with Crippen molar-refractivity contribution in [3.8, 4) is 52.9 Å². The Morgan fingerprint density at radius 3 is 0.837 bits per heavy atom. The predicted octanol–water partition coefficient (Wildman–Crippen LogP) is 22.2. The first-order chi connectivity index (χ1) is 50.9. The Hall–Kier alpha value is -11.9. The third kappa shape index (κ3) is 8.62. The molecule has 23 rings (SSSR count). The first-order valence-electron chi connectivity index (χ1n) is 33.6. The van der Waals surface area contributed by atoms with Crippen LogP contribution in [-0.4, -0.2) is 57.3 Å². The summed E-state index contributed by atoms with van der Waals surface area (Å²) in [6.07, 6.45) is 0. The molecule has 1 aliphatic rings. The fraction of sp³-hybridized carbons (Fsp3) is 0.0476. The minimum atomic E-state index is -0.408. The lowest BCUT2D eigenvalue weighted by Gasteiger charge is -2.16. The number of para-hydroxylation sites is 4.